The number of carbonyl (C=O) groups excluding carboxylic acids is 1. The largest absolute Gasteiger partial charge is 0.490 e. The number of amides is 1. The molecular formula is C17H22N2O4. The standard InChI is InChI=1S/C17H22N2O4/c1-4-21-15-7-5-6-8-16(15)22-11-17(20)18-10-13-9-14(12(2)3)19-23-13/h5-9,12H,4,10-11H2,1-3H3,(H,18,20). The van der Waals surface area contributed by atoms with Gasteiger partial charge in [0.25, 0.3) is 5.91 Å². The molecule has 0 saturated heterocycles. The van der Waals surface area contributed by atoms with Gasteiger partial charge < -0.3 is 19.3 Å². The first-order chi connectivity index (χ1) is 11.1. The van der Waals surface area contributed by atoms with Crippen LogP contribution in [0.2, 0.25) is 0 Å². The topological polar surface area (TPSA) is 73.6 Å². The number of nitrogens with zero attached hydrogens (tertiary/aromatic N) is 1. The number of rotatable bonds is 8. The molecule has 1 amide bonds. The van der Waals surface area contributed by atoms with E-state index in [-0.39, 0.29) is 19.1 Å². The molecule has 124 valence electrons. The average Bonchev–Trinajstić information content (AvgIpc) is 3.01. The SMILES string of the molecule is CCOc1ccccc1OCC(=O)NCc1cc(C(C)C)no1. The molecule has 2 aromatic rings. The Hall–Kier alpha value is -2.50. The van der Waals surface area contributed by atoms with Crippen LogP contribution in [0.25, 0.3) is 0 Å². The second-order valence-electron chi connectivity index (χ2n) is 5.32. The van der Waals surface area contributed by atoms with E-state index in [9.17, 15) is 4.79 Å². The third-order valence-electron chi connectivity index (χ3n) is 3.14. The lowest BCUT2D eigenvalue weighted by molar-refractivity contribution is -0.123. The van der Waals surface area contributed by atoms with Gasteiger partial charge in [-0.05, 0) is 25.0 Å². The first kappa shape index (κ1) is 16.9. The van der Waals surface area contributed by atoms with Gasteiger partial charge in [-0.15, -0.1) is 0 Å². The Morgan fingerprint density at radius 2 is 1.96 bits per heavy atom. The van der Waals surface area contributed by atoms with Crippen LogP contribution in [0.15, 0.2) is 34.9 Å². The van der Waals surface area contributed by atoms with Gasteiger partial charge in [-0.25, -0.2) is 0 Å². The summed E-state index contributed by atoms with van der Waals surface area (Å²) in [5.74, 6) is 1.85. The summed E-state index contributed by atoms with van der Waals surface area (Å²) >= 11 is 0. The Labute approximate surface area is 135 Å². The Bertz CT molecular complexity index is 637. The zero-order valence-electron chi connectivity index (χ0n) is 13.7. The summed E-state index contributed by atoms with van der Waals surface area (Å²) in [5.41, 5.74) is 0.871. The van der Waals surface area contributed by atoms with Crippen molar-refractivity contribution in [2.45, 2.75) is 33.2 Å². The van der Waals surface area contributed by atoms with Crippen LogP contribution in [-0.4, -0.2) is 24.3 Å². The number of ether oxygens (including phenoxy) is 2. The highest BCUT2D eigenvalue weighted by Crippen LogP contribution is 2.26. The van der Waals surface area contributed by atoms with Gasteiger partial charge in [-0.1, -0.05) is 31.1 Å². The first-order valence-electron chi connectivity index (χ1n) is 7.67. The van der Waals surface area contributed by atoms with Gasteiger partial charge in [0.15, 0.2) is 23.9 Å². The normalized spacial score (nSPS) is 10.6. The maximum Gasteiger partial charge on any atom is 0.258 e. The number of aromatic nitrogens is 1. The molecule has 1 aromatic carbocycles. The molecule has 6 heteroatoms. The highest BCUT2D eigenvalue weighted by Gasteiger charge is 2.10. The lowest BCUT2D eigenvalue weighted by Gasteiger charge is -2.11. The second-order valence-corrected chi connectivity index (χ2v) is 5.32. The van der Waals surface area contributed by atoms with E-state index in [4.69, 9.17) is 14.0 Å². The molecule has 0 saturated carbocycles. The minimum atomic E-state index is -0.237. The van der Waals surface area contributed by atoms with Crippen molar-refractivity contribution in [1.82, 2.24) is 10.5 Å². The first-order valence-corrected chi connectivity index (χ1v) is 7.67. The van der Waals surface area contributed by atoms with Gasteiger partial charge >= 0.3 is 0 Å². The van der Waals surface area contributed by atoms with Crippen LogP contribution < -0.4 is 14.8 Å². The van der Waals surface area contributed by atoms with Crippen molar-refractivity contribution in [3.8, 4) is 11.5 Å². The fraction of sp³-hybridized carbons (Fsp3) is 0.412. The summed E-state index contributed by atoms with van der Waals surface area (Å²) in [6.45, 7) is 6.70. The zero-order valence-corrected chi connectivity index (χ0v) is 13.7. The molecule has 6 nitrogen and oxygen atoms in total. The maximum absolute atomic E-state index is 11.9. The van der Waals surface area contributed by atoms with Crippen LogP contribution in [0.5, 0.6) is 11.5 Å². The monoisotopic (exact) mass is 318 g/mol. The van der Waals surface area contributed by atoms with Crippen LogP contribution in [0, 0.1) is 0 Å². The fourth-order valence-electron chi connectivity index (χ4n) is 1.91. The van der Waals surface area contributed by atoms with Crippen molar-refractivity contribution in [3.05, 3.63) is 41.8 Å². The van der Waals surface area contributed by atoms with E-state index in [2.05, 4.69) is 10.5 Å². The number of para-hydroxylation sites is 2. The summed E-state index contributed by atoms with van der Waals surface area (Å²) in [4.78, 5) is 11.9. The van der Waals surface area contributed by atoms with Crippen LogP contribution >= 0.6 is 0 Å². The van der Waals surface area contributed by atoms with Gasteiger partial charge in [0, 0.05) is 6.07 Å². The molecule has 0 aliphatic carbocycles. The van der Waals surface area contributed by atoms with Gasteiger partial charge in [-0.2, -0.15) is 0 Å². The highest BCUT2D eigenvalue weighted by atomic mass is 16.5. The molecule has 0 aliphatic heterocycles. The molecule has 1 aromatic heterocycles. The molecule has 1 heterocycles. The predicted molar refractivity (Wildman–Crippen MR) is 85.5 cm³/mol. The molecule has 1 N–H and O–H groups in total. The fourth-order valence-corrected chi connectivity index (χ4v) is 1.91. The number of carbonyl (C=O) groups is 1. The summed E-state index contributed by atoms with van der Waals surface area (Å²) in [6.07, 6.45) is 0. The van der Waals surface area contributed by atoms with E-state index in [1.807, 2.05) is 39.0 Å². The molecule has 0 bridgehead atoms. The van der Waals surface area contributed by atoms with E-state index in [1.165, 1.54) is 0 Å². The van der Waals surface area contributed by atoms with Crippen LogP contribution in [-0.2, 0) is 11.3 Å². The van der Waals surface area contributed by atoms with E-state index in [0.717, 1.165) is 5.69 Å². The van der Waals surface area contributed by atoms with E-state index < -0.39 is 0 Å². The molecule has 0 atom stereocenters. The van der Waals surface area contributed by atoms with Crippen LogP contribution in [0.3, 0.4) is 0 Å². The predicted octanol–water partition coefficient (Wildman–Crippen LogP) is 2.89. The minimum absolute atomic E-state index is 0.0880. The van der Waals surface area contributed by atoms with Gasteiger partial charge in [0.1, 0.15) is 0 Å². The molecule has 2 rings (SSSR count). The van der Waals surface area contributed by atoms with Crippen molar-refractivity contribution < 1.29 is 18.8 Å². The number of hydrogen-bond acceptors (Lipinski definition) is 5. The summed E-state index contributed by atoms with van der Waals surface area (Å²) in [7, 11) is 0. The third-order valence-corrected chi connectivity index (χ3v) is 3.14. The minimum Gasteiger partial charge on any atom is -0.490 e. The Balaban J connectivity index is 1.81. The lowest BCUT2D eigenvalue weighted by Crippen LogP contribution is -2.28. The summed E-state index contributed by atoms with van der Waals surface area (Å²) in [5, 5.41) is 6.68. The number of benzene rings is 1. The highest BCUT2D eigenvalue weighted by molar-refractivity contribution is 5.77. The summed E-state index contributed by atoms with van der Waals surface area (Å²) in [6, 6.07) is 9.10. The van der Waals surface area contributed by atoms with Crippen LogP contribution in [0.4, 0.5) is 0 Å². The van der Waals surface area contributed by atoms with E-state index in [1.54, 1.807) is 12.1 Å². The molecule has 23 heavy (non-hydrogen) atoms. The van der Waals surface area contributed by atoms with Gasteiger partial charge in [-0.3, -0.25) is 4.79 Å². The zero-order chi connectivity index (χ0) is 16.7. The number of hydrogen-bond donors (Lipinski definition) is 1. The van der Waals surface area contributed by atoms with Crippen molar-refractivity contribution in [2.75, 3.05) is 13.2 Å². The molecule has 0 unspecified atom stereocenters. The quantitative estimate of drug-likeness (QED) is 0.810. The molecule has 0 spiro atoms. The van der Waals surface area contributed by atoms with Gasteiger partial charge in [0.05, 0.1) is 18.8 Å². The second kappa shape index (κ2) is 8.22. The molecule has 0 radical (unpaired) electrons. The lowest BCUT2D eigenvalue weighted by atomic mass is 10.1. The van der Waals surface area contributed by atoms with E-state index >= 15 is 0 Å². The van der Waals surface area contributed by atoms with Crippen molar-refractivity contribution in [3.63, 3.8) is 0 Å². The Morgan fingerprint density at radius 3 is 2.57 bits per heavy atom. The number of nitrogens with one attached hydrogen (secondary N) is 1. The van der Waals surface area contributed by atoms with E-state index in [0.29, 0.717) is 29.8 Å². The Morgan fingerprint density at radius 1 is 1.26 bits per heavy atom. The maximum atomic E-state index is 11.9. The molecular weight excluding hydrogens is 296 g/mol. The average molecular weight is 318 g/mol. The molecule has 0 aliphatic rings. The van der Waals surface area contributed by atoms with Crippen molar-refractivity contribution >= 4 is 5.91 Å². The Kier molecular flexibility index (Phi) is 6.02. The van der Waals surface area contributed by atoms with Gasteiger partial charge in [0.2, 0.25) is 0 Å². The third kappa shape index (κ3) is 5.02. The molecule has 0 fully saturated rings. The van der Waals surface area contributed by atoms with Crippen LogP contribution in [0.1, 0.15) is 38.1 Å². The summed E-state index contributed by atoms with van der Waals surface area (Å²) < 4.78 is 16.1. The van der Waals surface area contributed by atoms with Crippen molar-refractivity contribution in [1.29, 1.82) is 0 Å². The van der Waals surface area contributed by atoms with Crippen molar-refractivity contribution in [2.24, 2.45) is 0 Å². The smallest absolute Gasteiger partial charge is 0.258 e.